The molecule has 0 aromatic heterocycles. The van der Waals surface area contributed by atoms with Gasteiger partial charge in [0.15, 0.2) is 5.78 Å². The minimum Gasteiger partial charge on any atom is -0.481 e. The van der Waals surface area contributed by atoms with Crippen molar-refractivity contribution in [1.29, 1.82) is 0 Å². The second kappa shape index (κ2) is 13.7. The predicted octanol–water partition coefficient (Wildman–Crippen LogP) is 2.18. The van der Waals surface area contributed by atoms with Crippen molar-refractivity contribution < 1.29 is 39.0 Å². The van der Waals surface area contributed by atoms with E-state index < -0.39 is 47.9 Å². The largest absolute Gasteiger partial charge is 0.481 e. The highest BCUT2D eigenvalue weighted by Crippen LogP contribution is 2.20. The third-order valence-electron chi connectivity index (χ3n) is 6.91. The number of hydrogen-bond acceptors (Lipinski definition) is 7. The quantitative estimate of drug-likeness (QED) is 0.234. The Labute approximate surface area is 242 Å². The molecule has 1 aliphatic heterocycles. The number of para-hydroxylation sites is 1. The minimum absolute atomic E-state index is 0.00781. The van der Waals surface area contributed by atoms with Crippen molar-refractivity contribution >= 4 is 46.9 Å². The van der Waals surface area contributed by atoms with Gasteiger partial charge in [-0.2, -0.15) is 0 Å². The van der Waals surface area contributed by atoms with Gasteiger partial charge < -0.3 is 30.6 Å². The molecule has 13 heteroatoms. The lowest BCUT2D eigenvalue weighted by atomic mass is 9.93. The van der Waals surface area contributed by atoms with E-state index in [2.05, 4.69) is 16.0 Å². The van der Waals surface area contributed by atoms with Crippen molar-refractivity contribution in [3.05, 3.63) is 59.7 Å². The van der Waals surface area contributed by atoms with Gasteiger partial charge in [0.1, 0.15) is 12.6 Å². The number of nitrogens with zero attached hydrogens (tertiary/aromatic N) is 2. The number of benzene rings is 2. The molecule has 4 amide bonds. The maximum Gasteiger partial charge on any atom is 0.323 e. The van der Waals surface area contributed by atoms with Crippen LogP contribution in [0.3, 0.4) is 0 Å². The van der Waals surface area contributed by atoms with Gasteiger partial charge in [-0.3, -0.25) is 29.3 Å². The summed E-state index contributed by atoms with van der Waals surface area (Å²) < 4.78 is 0. The van der Waals surface area contributed by atoms with Crippen LogP contribution in [0.4, 0.5) is 16.2 Å². The molecule has 0 aliphatic carbocycles. The smallest absolute Gasteiger partial charge is 0.323 e. The number of aryl methyl sites for hydroxylation is 1. The van der Waals surface area contributed by atoms with Crippen LogP contribution in [0.25, 0.3) is 0 Å². The van der Waals surface area contributed by atoms with Crippen LogP contribution in [0, 0.1) is 6.92 Å². The van der Waals surface area contributed by atoms with Crippen molar-refractivity contribution in [3.8, 4) is 0 Å². The summed E-state index contributed by atoms with van der Waals surface area (Å²) in [6, 6.07) is 12.1. The van der Waals surface area contributed by atoms with Gasteiger partial charge in [-0.25, -0.2) is 4.79 Å². The topological polar surface area (TPSA) is 185 Å². The molecule has 1 heterocycles. The highest BCUT2D eigenvalue weighted by atomic mass is 16.4. The average Bonchev–Trinajstić information content (AvgIpc) is 2.93. The van der Waals surface area contributed by atoms with E-state index in [4.69, 9.17) is 10.2 Å². The number of carboxylic acids is 2. The number of piperazine rings is 1. The van der Waals surface area contributed by atoms with E-state index in [0.29, 0.717) is 16.9 Å². The number of amides is 4. The Morgan fingerprint density at radius 3 is 2.21 bits per heavy atom. The fourth-order valence-corrected chi connectivity index (χ4v) is 4.54. The summed E-state index contributed by atoms with van der Waals surface area (Å²) in [5, 5.41) is 26.5. The standard InChI is InChI=1S/C29H35N5O8/c1-18-6-4-5-7-21(18)32-28(42)31-20-10-8-19(9-11-20)26(40)29(2,3)30-16-23(35)34-15-14-33(17-25(38)39)27(41)22(34)12-13-24(36)37/h4-11,22,30H,12-17H2,1-3H3,(H,36,37)(H,38,39)(H2,31,32,42)/t22-/m0/s1. The Kier molecular flexibility index (Phi) is 10.4. The van der Waals surface area contributed by atoms with Crippen molar-refractivity contribution in [2.75, 3.05) is 36.8 Å². The predicted molar refractivity (Wildman–Crippen MR) is 153 cm³/mol. The number of nitrogens with one attached hydrogen (secondary N) is 3. The van der Waals surface area contributed by atoms with Crippen LogP contribution in [0.5, 0.6) is 0 Å². The second-order valence-corrected chi connectivity index (χ2v) is 10.5. The van der Waals surface area contributed by atoms with E-state index in [-0.39, 0.29) is 38.3 Å². The minimum atomic E-state index is -1.21. The van der Waals surface area contributed by atoms with Crippen molar-refractivity contribution in [2.45, 2.75) is 45.2 Å². The first-order chi connectivity index (χ1) is 19.8. The third kappa shape index (κ3) is 8.36. The van der Waals surface area contributed by atoms with E-state index in [1.807, 2.05) is 25.1 Å². The first kappa shape index (κ1) is 31.7. The number of carbonyl (C=O) groups is 6. The van der Waals surface area contributed by atoms with E-state index in [1.54, 1.807) is 44.2 Å². The molecule has 2 aromatic rings. The van der Waals surface area contributed by atoms with Gasteiger partial charge in [0.25, 0.3) is 0 Å². The molecule has 13 nitrogen and oxygen atoms in total. The van der Waals surface area contributed by atoms with E-state index in [1.165, 1.54) is 4.90 Å². The van der Waals surface area contributed by atoms with E-state index in [9.17, 15) is 28.8 Å². The fourth-order valence-electron chi connectivity index (χ4n) is 4.54. The average molecular weight is 582 g/mol. The van der Waals surface area contributed by atoms with Gasteiger partial charge in [-0.15, -0.1) is 0 Å². The Balaban J connectivity index is 1.60. The molecule has 0 spiro atoms. The first-order valence-electron chi connectivity index (χ1n) is 13.3. The molecular formula is C29H35N5O8. The molecule has 0 saturated carbocycles. The maximum absolute atomic E-state index is 13.2. The van der Waals surface area contributed by atoms with Gasteiger partial charge in [0.2, 0.25) is 11.8 Å². The number of urea groups is 1. The third-order valence-corrected chi connectivity index (χ3v) is 6.91. The van der Waals surface area contributed by atoms with Crippen LogP contribution >= 0.6 is 0 Å². The zero-order valence-corrected chi connectivity index (χ0v) is 23.7. The number of Topliss-reactive ketones (excluding diaryl/α,β-unsaturated/α-hetero) is 1. The highest BCUT2D eigenvalue weighted by molar-refractivity contribution is 6.04. The number of ketones is 1. The van der Waals surface area contributed by atoms with Crippen LogP contribution < -0.4 is 16.0 Å². The molecule has 42 heavy (non-hydrogen) atoms. The van der Waals surface area contributed by atoms with Gasteiger partial charge >= 0.3 is 18.0 Å². The molecule has 0 unspecified atom stereocenters. The van der Waals surface area contributed by atoms with Gasteiger partial charge in [-0.1, -0.05) is 18.2 Å². The molecule has 5 N–H and O–H groups in total. The number of rotatable bonds is 12. The van der Waals surface area contributed by atoms with Gasteiger partial charge in [-0.05, 0) is 63.1 Å². The molecular weight excluding hydrogens is 546 g/mol. The summed E-state index contributed by atoms with van der Waals surface area (Å²) in [4.78, 5) is 76.1. The summed E-state index contributed by atoms with van der Waals surface area (Å²) in [6.07, 6.45) is -0.543. The van der Waals surface area contributed by atoms with E-state index in [0.717, 1.165) is 10.5 Å². The number of anilines is 2. The van der Waals surface area contributed by atoms with Crippen LogP contribution in [0.1, 0.15) is 42.6 Å². The number of carboxylic acid groups (broad SMARTS) is 2. The highest BCUT2D eigenvalue weighted by Gasteiger charge is 2.39. The summed E-state index contributed by atoms with van der Waals surface area (Å²) in [5.74, 6) is -3.83. The molecule has 1 saturated heterocycles. The van der Waals surface area contributed by atoms with Crippen molar-refractivity contribution in [1.82, 2.24) is 15.1 Å². The molecule has 1 fully saturated rings. The monoisotopic (exact) mass is 581 g/mol. The van der Waals surface area contributed by atoms with Crippen molar-refractivity contribution in [2.24, 2.45) is 0 Å². The molecule has 1 atom stereocenters. The Hall–Kier alpha value is -4.78. The lowest BCUT2D eigenvalue weighted by molar-refractivity contribution is -0.156. The number of carbonyl (C=O) groups excluding carboxylic acids is 4. The molecule has 0 radical (unpaired) electrons. The second-order valence-electron chi connectivity index (χ2n) is 10.5. The maximum atomic E-state index is 13.2. The zero-order valence-electron chi connectivity index (χ0n) is 23.7. The summed E-state index contributed by atoms with van der Waals surface area (Å²) in [5.41, 5.74) is 1.19. The molecule has 0 bridgehead atoms. The molecule has 224 valence electrons. The Bertz CT molecular complexity index is 1360. The summed E-state index contributed by atoms with van der Waals surface area (Å²) in [6.45, 7) is 4.24. The van der Waals surface area contributed by atoms with Crippen LogP contribution in [-0.4, -0.2) is 93.3 Å². The van der Waals surface area contributed by atoms with Gasteiger partial charge in [0.05, 0.1) is 12.1 Å². The normalized spacial score (nSPS) is 15.2. The summed E-state index contributed by atoms with van der Waals surface area (Å²) in [7, 11) is 0. The van der Waals surface area contributed by atoms with Gasteiger partial charge in [0, 0.05) is 36.4 Å². The lowest BCUT2D eigenvalue weighted by Crippen LogP contribution is -2.61. The fraction of sp³-hybridized carbons (Fsp3) is 0.379. The molecule has 1 aliphatic rings. The molecule has 2 aromatic carbocycles. The number of hydrogen-bond donors (Lipinski definition) is 5. The van der Waals surface area contributed by atoms with Crippen LogP contribution in [-0.2, 0) is 19.2 Å². The summed E-state index contributed by atoms with van der Waals surface area (Å²) >= 11 is 0. The van der Waals surface area contributed by atoms with Crippen LogP contribution in [0.2, 0.25) is 0 Å². The van der Waals surface area contributed by atoms with Crippen molar-refractivity contribution in [3.63, 3.8) is 0 Å². The lowest BCUT2D eigenvalue weighted by Gasteiger charge is -2.40. The van der Waals surface area contributed by atoms with E-state index >= 15 is 0 Å². The molecule has 3 rings (SSSR count). The first-order valence-corrected chi connectivity index (χ1v) is 13.3. The Morgan fingerprint density at radius 1 is 0.929 bits per heavy atom. The SMILES string of the molecule is Cc1ccccc1NC(=O)Nc1ccc(C(=O)C(C)(C)NCC(=O)N2CCN(CC(=O)O)C(=O)[C@@H]2CCC(=O)O)cc1. The van der Waals surface area contributed by atoms with Crippen LogP contribution in [0.15, 0.2) is 48.5 Å². The zero-order chi connectivity index (χ0) is 31.0. The number of aliphatic carboxylic acids is 2. The Morgan fingerprint density at radius 2 is 1.60 bits per heavy atom.